The molecule has 0 aliphatic rings. The highest BCUT2D eigenvalue weighted by Gasteiger charge is 2.10. The summed E-state index contributed by atoms with van der Waals surface area (Å²) in [5, 5.41) is 0. The van der Waals surface area contributed by atoms with Crippen molar-refractivity contribution in [3.63, 3.8) is 0 Å². The third-order valence-corrected chi connectivity index (χ3v) is 4.12. The van der Waals surface area contributed by atoms with Crippen LogP contribution in [0.2, 0.25) is 0 Å². The van der Waals surface area contributed by atoms with Gasteiger partial charge in [0.05, 0.1) is 11.0 Å². The minimum Gasteiger partial charge on any atom is -0.399 e. The first-order chi connectivity index (χ1) is 10.1. The molecule has 1 unspecified atom stereocenters. The first kappa shape index (κ1) is 13.7. The Hall–Kier alpha value is -2.29. The molecule has 1 atom stereocenters. The first-order valence-electron chi connectivity index (χ1n) is 7.42. The Morgan fingerprint density at radius 1 is 1.14 bits per heavy atom. The van der Waals surface area contributed by atoms with E-state index < -0.39 is 0 Å². The van der Waals surface area contributed by atoms with E-state index in [1.807, 2.05) is 12.1 Å². The summed E-state index contributed by atoms with van der Waals surface area (Å²) in [5.41, 5.74) is 10.1. The van der Waals surface area contributed by atoms with Gasteiger partial charge >= 0.3 is 0 Å². The Bertz CT molecular complexity index is 744. The zero-order valence-electron chi connectivity index (χ0n) is 12.6. The van der Waals surface area contributed by atoms with E-state index in [2.05, 4.69) is 59.8 Å². The van der Waals surface area contributed by atoms with Gasteiger partial charge in [-0.2, -0.15) is 0 Å². The molecule has 3 aromatic rings. The lowest BCUT2D eigenvalue weighted by molar-refractivity contribution is 0.576. The number of benzene rings is 2. The van der Waals surface area contributed by atoms with Crippen LogP contribution >= 0.6 is 0 Å². The number of rotatable bonds is 4. The lowest BCUT2D eigenvalue weighted by atomic mass is 9.98. The van der Waals surface area contributed by atoms with Crippen molar-refractivity contribution in [1.29, 1.82) is 0 Å². The van der Waals surface area contributed by atoms with Crippen LogP contribution in [0.5, 0.6) is 0 Å². The molecule has 108 valence electrons. The van der Waals surface area contributed by atoms with Crippen molar-refractivity contribution in [1.82, 2.24) is 9.55 Å². The molecule has 2 aromatic carbocycles. The average molecular weight is 279 g/mol. The number of nitrogens with zero attached hydrogens (tertiary/aromatic N) is 2. The van der Waals surface area contributed by atoms with E-state index in [9.17, 15) is 0 Å². The number of nitrogen functional groups attached to an aromatic ring is 1. The van der Waals surface area contributed by atoms with Crippen LogP contribution in [0.15, 0.2) is 48.5 Å². The SMILES string of the molecule is Cc1nc2cc(N)ccc2n1CCC(C)c1ccccc1. The number of nitrogens with two attached hydrogens (primary N) is 1. The molecule has 0 fully saturated rings. The number of imidazole rings is 1. The maximum Gasteiger partial charge on any atom is 0.106 e. The van der Waals surface area contributed by atoms with Crippen LogP contribution < -0.4 is 5.73 Å². The maximum absolute atomic E-state index is 5.83. The van der Waals surface area contributed by atoms with Gasteiger partial charge in [0.1, 0.15) is 5.82 Å². The molecule has 0 bridgehead atoms. The fourth-order valence-corrected chi connectivity index (χ4v) is 2.82. The van der Waals surface area contributed by atoms with Crippen molar-refractivity contribution >= 4 is 16.7 Å². The second-order valence-electron chi connectivity index (χ2n) is 5.66. The quantitative estimate of drug-likeness (QED) is 0.730. The second kappa shape index (κ2) is 5.60. The summed E-state index contributed by atoms with van der Waals surface area (Å²) in [7, 11) is 0. The Kier molecular flexibility index (Phi) is 3.65. The summed E-state index contributed by atoms with van der Waals surface area (Å²) >= 11 is 0. The summed E-state index contributed by atoms with van der Waals surface area (Å²) < 4.78 is 2.29. The number of anilines is 1. The van der Waals surface area contributed by atoms with Crippen LogP contribution in [0, 0.1) is 6.92 Å². The molecule has 21 heavy (non-hydrogen) atoms. The number of hydrogen-bond acceptors (Lipinski definition) is 2. The molecule has 0 spiro atoms. The molecule has 0 aliphatic heterocycles. The van der Waals surface area contributed by atoms with Crippen LogP contribution in [-0.2, 0) is 6.54 Å². The van der Waals surface area contributed by atoms with Crippen LogP contribution in [0.1, 0.15) is 30.7 Å². The molecule has 0 radical (unpaired) electrons. The summed E-state index contributed by atoms with van der Waals surface area (Å²) in [5.74, 6) is 1.59. The van der Waals surface area contributed by atoms with Gasteiger partial charge in [0.25, 0.3) is 0 Å². The van der Waals surface area contributed by atoms with E-state index >= 15 is 0 Å². The highest BCUT2D eigenvalue weighted by Crippen LogP contribution is 2.23. The van der Waals surface area contributed by atoms with E-state index in [1.54, 1.807) is 0 Å². The second-order valence-corrected chi connectivity index (χ2v) is 5.66. The van der Waals surface area contributed by atoms with E-state index in [0.717, 1.165) is 30.0 Å². The zero-order valence-corrected chi connectivity index (χ0v) is 12.6. The first-order valence-corrected chi connectivity index (χ1v) is 7.42. The van der Waals surface area contributed by atoms with Crippen LogP contribution in [0.25, 0.3) is 11.0 Å². The molecule has 0 saturated heterocycles. The predicted molar refractivity (Wildman–Crippen MR) is 88.4 cm³/mol. The number of fused-ring (bicyclic) bond motifs is 1. The highest BCUT2D eigenvalue weighted by molar-refractivity contribution is 5.79. The molecule has 1 aromatic heterocycles. The zero-order chi connectivity index (χ0) is 14.8. The van der Waals surface area contributed by atoms with Crippen molar-refractivity contribution in [3.8, 4) is 0 Å². The van der Waals surface area contributed by atoms with E-state index in [-0.39, 0.29) is 0 Å². The third kappa shape index (κ3) is 2.77. The smallest absolute Gasteiger partial charge is 0.106 e. The summed E-state index contributed by atoms with van der Waals surface area (Å²) in [6.45, 7) is 5.31. The summed E-state index contributed by atoms with van der Waals surface area (Å²) in [6, 6.07) is 16.6. The highest BCUT2D eigenvalue weighted by atomic mass is 15.1. The van der Waals surface area contributed by atoms with Gasteiger partial charge in [-0.1, -0.05) is 37.3 Å². The van der Waals surface area contributed by atoms with Crippen molar-refractivity contribution < 1.29 is 0 Å². The summed E-state index contributed by atoms with van der Waals surface area (Å²) in [4.78, 5) is 4.61. The molecule has 3 heteroatoms. The molecule has 0 saturated carbocycles. The predicted octanol–water partition coefficient (Wildman–Crippen LogP) is 4.12. The Morgan fingerprint density at radius 3 is 2.67 bits per heavy atom. The van der Waals surface area contributed by atoms with Crippen LogP contribution in [0.4, 0.5) is 5.69 Å². The topological polar surface area (TPSA) is 43.8 Å². The molecule has 0 amide bonds. The molecular weight excluding hydrogens is 258 g/mol. The van der Waals surface area contributed by atoms with Crippen molar-refractivity contribution in [3.05, 3.63) is 59.9 Å². The lowest BCUT2D eigenvalue weighted by Gasteiger charge is -2.13. The lowest BCUT2D eigenvalue weighted by Crippen LogP contribution is -2.04. The standard InChI is InChI=1S/C18H21N3/c1-13(15-6-4-3-5-7-15)10-11-21-14(2)20-17-12-16(19)8-9-18(17)21/h3-9,12-13H,10-11,19H2,1-2H3. The van der Waals surface area contributed by atoms with Crippen LogP contribution in [0.3, 0.4) is 0 Å². The van der Waals surface area contributed by atoms with E-state index in [1.165, 1.54) is 11.1 Å². The monoisotopic (exact) mass is 279 g/mol. The third-order valence-electron chi connectivity index (χ3n) is 4.12. The molecule has 3 rings (SSSR count). The van der Waals surface area contributed by atoms with Gasteiger partial charge in [0, 0.05) is 12.2 Å². The minimum absolute atomic E-state index is 0.539. The molecule has 3 nitrogen and oxygen atoms in total. The van der Waals surface area contributed by atoms with Gasteiger partial charge in [-0.25, -0.2) is 4.98 Å². The number of aryl methyl sites for hydroxylation is 2. The van der Waals surface area contributed by atoms with Gasteiger partial charge in [-0.05, 0) is 43.0 Å². The van der Waals surface area contributed by atoms with Crippen molar-refractivity contribution in [2.24, 2.45) is 0 Å². The van der Waals surface area contributed by atoms with Gasteiger partial charge in [-0.15, -0.1) is 0 Å². The number of aromatic nitrogens is 2. The Morgan fingerprint density at radius 2 is 1.90 bits per heavy atom. The minimum atomic E-state index is 0.539. The molecule has 0 aliphatic carbocycles. The van der Waals surface area contributed by atoms with Crippen molar-refractivity contribution in [2.75, 3.05) is 5.73 Å². The average Bonchev–Trinajstić information content (AvgIpc) is 2.80. The van der Waals surface area contributed by atoms with E-state index in [0.29, 0.717) is 5.92 Å². The van der Waals surface area contributed by atoms with Gasteiger partial charge < -0.3 is 10.3 Å². The van der Waals surface area contributed by atoms with Gasteiger partial charge in [0.2, 0.25) is 0 Å². The normalized spacial score (nSPS) is 12.7. The summed E-state index contributed by atoms with van der Waals surface area (Å²) in [6.07, 6.45) is 1.10. The Balaban J connectivity index is 1.81. The Labute approximate surface area is 125 Å². The van der Waals surface area contributed by atoms with E-state index in [4.69, 9.17) is 5.73 Å². The fraction of sp³-hybridized carbons (Fsp3) is 0.278. The van der Waals surface area contributed by atoms with Gasteiger partial charge in [-0.3, -0.25) is 0 Å². The largest absolute Gasteiger partial charge is 0.399 e. The van der Waals surface area contributed by atoms with Crippen molar-refractivity contribution in [2.45, 2.75) is 32.7 Å². The van der Waals surface area contributed by atoms with Crippen LogP contribution in [-0.4, -0.2) is 9.55 Å². The fourth-order valence-electron chi connectivity index (χ4n) is 2.82. The maximum atomic E-state index is 5.83. The molecule has 1 heterocycles. The molecular formula is C18H21N3. The number of hydrogen-bond donors (Lipinski definition) is 1. The van der Waals surface area contributed by atoms with Gasteiger partial charge in [0.15, 0.2) is 0 Å². The molecule has 2 N–H and O–H groups in total.